The summed E-state index contributed by atoms with van der Waals surface area (Å²) in [6.07, 6.45) is 1.07. The van der Waals surface area contributed by atoms with E-state index in [1.807, 2.05) is 0 Å². The van der Waals surface area contributed by atoms with Crippen LogP contribution in [0.4, 0.5) is 8.78 Å². The minimum absolute atomic E-state index is 0. The van der Waals surface area contributed by atoms with Crippen LogP contribution >= 0.6 is 24.0 Å². The van der Waals surface area contributed by atoms with Crippen LogP contribution in [0.3, 0.4) is 0 Å². The highest BCUT2D eigenvalue weighted by Gasteiger charge is 2.15. The lowest BCUT2D eigenvalue weighted by molar-refractivity contribution is -0.0504. The zero-order valence-corrected chi connectivity index (χ0v) is 18.7. The van der Waals surface area contributed by atoms with Crippen molar-refractivity contribution in [1.29, 1.82) is 0 Å². The van der Waals surface area contributed by atoms with Gasteiger partial charge in [0.1, 0.15) is 5.75 Å². The second-order valence-corrected chi connectivity index (χ2v) is 6.63. The van der Waals surface area contributed by atoms with E-state index >= 15 is 0 Å². The molecule has 0 amide bonds. The molecule has 1 aliphatic rings. The smallest absolute Gasteiger partial charge is 0.387 e. The fraction of sp³-hybridized carbons (Fsp3) is 0.381. The molecule has 3 rings (SSSR count). The highest BCUT2D eigenvalue weighted by atomic mass is 127. The molecular weight excluding hydrogens is 489 g/mol. The molecule has 0 aliphatic carbocycles. The van der Waals surface area contributed by atoms with E-state index in [-0.39, 0.29) is 29.7 Å². The first kappa shape index (κ1) is 23.3. The number of guanidine groups is 1. The highest BCUT2D eigenvalue weighted by molar-refractivity contribution is 14.0. The van der Waals surface area contributed by atoms with Crippen molar-refractivity contribution >= 4 is 29.9 Å². The minimum atomic E-state index is -2.84. The first-order chi connectivity index (χ1) is 13.7. The van der Waals surface area contributed by atoms with Gasteiger partial charge in [-0.15, -0.1) is 24.0 Å². The Bertz CT molecular complexity index is 804. The zero-order chi connectivity index (χ0) is 19.8. The van der Waals surface area contributed by atoms with Crippen molar-refractivity contribution in [3.8, 4) is 5.75 Å². The van der Waals surface area contributed by atoms with Crippen LogP contribution in [0, 0.1) is 0 Å². The third-order valence-corrected chi connectivity index (χ3v) is 4.79. The maximum Gasteiger partial charge on any atom is 0.387 e. The van der Waals surface area contributed by atoms with Gasteiger partial charge in [-0.2, -0.15) is 8.78 Å². The van der Waals surface area contributed by atoms with Crippen molar-refractivity contribution in [2.24, 2.45) is 4.99 Å². The van der Waals surface area contributed by atoms with Crippen LogP contribution in [0.25, 0.3) is 0 Å². The molecule has 0 saturated carbocycles. The van der Waals surface area contributed by atoms with E-state index in [4.69, 9.17) is 0 Å². The van der Waals surface area contributed by atoms with Crippen LogP contribution in [0.5, 0.6) is 5.75 Å². The Kier molecular flexibility index (Phi) is 9.59. The molecular formula is C21H27F2IN4O. The number of ether oxygens (including phenoxy) is 1. The summed E-state index contributed by atoms with van der Waals surface area (Å²) in [7, 11) is 1.69. The van der Waals surface area contributed by atoms with Gasteiger partial charge in [0, 0.05) is 45.3 Å². The Morgan fingerprint density at radius 3 is 2.59 bits per heavy atom. The monoisotopic (exact) mass is 516 g/mol. The maximum absolute atomic E-state index is 12.5. The molecule has 8 heteroatoms. The number of nitrogens with zero attached hydrogens (tertiary/aromatic N) is 2. The molecule has 2 aromatic carbocycles. The summed E-state index contributed by atoms with van der Waals surface area (Å²) in [4.78, 5) is 6.61. The van der Waals surface area contributed by atoms with Crippen LogP contribution in [0.1, 0.15) is 16.7 Å². The number of para-hydroxylation sites is 1. The van der Waals surface area contributed by atoms with Gasteiger partial charge >= 0.3 is 6.61 Å². The molecule has 0 aromatic heterocycles. The Morgan fingerprint density at radius 1 is 1.10 bits per heavy atom. The van der Waals surface area contributed by atoms with Gasteiger partial charge in [-0.3, -0.25) is 9.89 Å². The lowest BCUT2D eigenvalue weighted by Crippen LogP contribution is -2.42. The van der Waals surface area contributed by atoms with E-state index in [0.29, 0.717) is 18.1 Å². The second kappa shape index (κ2) is 11.9. The SMILES string of the molecule is CN=C(NCCN1CCc2ccccc2C1)NCc1ccccc1OC(F)F.I. The third-order valence-electron chi connectivity index (χ3n) is 4.79. The molecule has 0 bridgehead atoms. The van der Waals surface area contributed by atoms with Gasteiger partial charge in [0.15, 0.2) is 5.96 Å². The fourth-order valence-corrected chi connectivity index (χ4v) is 3.34. The van der Waals surface area contributed by atoms with E-state index < -0.39 is 6.61 Å². The summed E-state index contributed by atoms with van der Waals surface area (Å²) in [6.45, 7) is 1.16. The molecule has 2 aromatic rings. The Morgan fingerprint density at radius 2 is 1.83 bits per heavy atom. The number of aliphatic imine (C=N–C) groups is 1. The van der Waals surface area contributed by atoms with E-state index in [9.17, 15) is 8.78 Å². The van der Waals surface area contributed by atoms with E-state index in [0.717, 1.165) is 32.6 Å². The highest BCUT2D eigenvalue weighted by Crippen LogP contribution is 2.20. The fourth-order valence-electron chi connectivity index (χ4n) is 3.34. The van der Waals surface area contributed by atoms with Gasteiger partial charge in [0.25, 0.3) is 0 Å². The number of hydrogen-bond donors (Lipinski definition) is 2. The molecule has 29 heavy (non-hydrogen) atoms. The molecule has 2 N–H and O–H groups in total. The second-order valence-electron chi connectivity index (χ2n) is 6.63. The van der Waals surface area contributed by atoms with E-state index in [2.05, 4.69) is 49.5 Å². The summed E-state index contributed by atoms with van der Waals surface area (Å²) in [5.41, 5.74) is 3.49. The molecule has 1 aliphatic heterocycles. The lowest BCUT2D eigenvalue weighted by atomic mass is 10.00. The molecule has 0 spiro atoms. The van der Waals surface area contributed by atoms with Gasteiger partial charge in [-0.1, -0.05) is 42.5 Å². The van der Waals surface area contributed by atoms with Gasteiger partial charge in [0.05, 0.1) is 0 Å². The van der Waals surface area contributed by atoms with E-state index in [1.54, 1.807) is 25.2 Å². The summed E-state index contributed by atoms with van der Waals surface area (Å²) >= 11 is 0. The summed E-state index contributed by atoms with van der Waals surface area (Å²) in [5, 5.41) is 6.43. The number of benzene rings is 2. The molecule has 0 atom stereocenters. The maximum atomic E-state index is 12.5. The number of rotatable bonds is 7. The number of hydrogen-bond acceptors (Lipinski definition) is 3. The van der Waals surface area contributed by atoms with Gasteiger partial charge in [-0.05, 0) is 23.6 Å². The summed E-state index contributed by atoms with van der Waals surface area (Å²) in [5.74, 6) is 0.802. The van der Waals surface area contributed by atoms with Crippen LogP contribution in [0.15, 0.2) is 53.5 Å². The predicted octanol–water partition coefficient (Wildman–Crippen LogP) is 3.63. The standard InChI is InChI=1S/C21H26F2N4O.HI/c1-24-21(26-14-17-7-4-5-9-19(17)28-20(22)23)25-11-13-27-12-10-16-6-2-3-8-18(16)15-27;/h2-9,20H,10-15H2,1H3,(H2,24,25,26);1H. The Labute approximate surface area is 187 Å². The van der Waals surface area contributed by atoms with E-state index in [1.165, 1.54) is 17.2 Å². The van der Waals surface area contributed by atoms with Crippen LogP contribution in [-0.2, 0) is 19.5 Å². The molecule has 158 valence electrons. The number of fused-ring (bicyclic) bond motifs is 1. The minimum Gasteiger partial charge on any atom is -0.434 e. The van der Waals surface area contributed by atoms with Crippen molar-refractivity contribution in [1.82, 2.24) is 15.5 Å². The third kappa shape index (κ3) is 7.11. The topological polar surface area (TPSA) is 48.9 Å². The Balaban J connectivity index is 0.00000300. The predicted molar refractivity (Wildman–Crippen MR) is 122 cm³/mol. The molecule has 0 fully saturated rings. The van der Waals surface area contributed by atoms with Crippen molar-refractivity contribution < 1.29 is 13.5 Å². The molecule has 0 saturated heterocycles. The van der Waals surface area contributed by atoms with Gasteiger partial charge < -0.3 is 15.4 Å². The summed E-state index contributed by atoms with van der Waals surface area (Å²) < 4.78 is 29.6. The normalized spacial score (nSPS) is 14.1. The average Bonchev–Trinajstić information content (AvgIpc) is 2.71. The average molecular weight is 516 g/mol. The first-order valence-electron chi connectivity index (χ1n) is 9.42. The number of alkyl halides is 2. The van der Waals surface area contributed by atoms with Crippen molar-refractivity contribution in [2.45, 2.75) is 26.1 Å². The largest absolute Gasteiger partial charge is 0.434 e. The molecule has 1 heterocycles. The van der Waals surface area contributed by atoms with Gasteiger partial charge in [0.2, 0.25) is 0 Å². The number of nitrogens with one attached hydrogen (secondary N) is 2. The lowest BCUT2D eigenvalue weighted by Gasteiger charge is -2.28. The molecule has 5 nitrogen and oxygen atoms in total. The number of halogens is 3. The van der Waals surface area contributed by atoms with Crippen molar-refractivity contribution in [3.63, 3.8) is 0 Å². The van der Waals surface area contributed by atoms with Gasteiger partial charge in [-0.25, -0.2) is 0 Å². The quantitative estimate of drug-likeness (QED) is 0.336. The van der Waals surface area contributed by atoms with Crippen LogP contribution in [0.2, 0.25) is 0 Å². The van der Waals surface area contributed by atoms with Crippen molar-refractivity contribution in [3.05, 3.63) is 65.2 Å². The van der Waals surface area contributed by atoms with Crippen LogP contribution < -0.4 is 15.4 Å². The summed E-state index contributed by atoms with van der Waals surface area (Å²) in [6, 6.07) is 15.3. The first-order valence-corrected chi connectivity index (χ1v) is 9.42. The van der Waals surface area contributed by atoms with Crippen molar-refractivity contribution in [2.75, 3.05) is 26.7 Å². The zero-order valence-electron chi connectivity index (χ0n) is 16.4. The molecule has 0 radical (unpaired) electrons. The molecule has 0 unspecified atom stereocenters. The van der Waals surface area contributed by atoms with Crippen LogP contribution in [-0.4, -0.2) is 44.2 Å². The Hall–Kier alpha value is -1.94.